The summed E-state index contributed by atoms with van der Waals surface area (Å²) in [4.78, 5) is 10.1. The molecule has 0 fully saturated rings. The predicted octanol–water partition coefficient (Wildman–Crippen LogP) is 1.62. The zero-order chi connectivity index (χ0) is 12.0. The van der Waals surface area contributed by atoms with E-state index in [1.165, 1.54) is 0 Å². The normalized spacial score (nSPS) is 12.2. The van der Waals surface area contributed by atoms with E-state index in [0.29, 0.717) is 15.8 Å². The van der Waals surface area contributed by atoms with Crippen LogP contribution in [0.4, 0.5) is 0 Å². The Kier molecular flexibility index (Phi) is 5.37. The van der Waals surface area contributed by atoms with Gasteiger partial charge in [0.05, 0.1) is 11.1 Å². The van der Waals surface area contributed by atoms with Crippen molar-refractivity contribution in [2.24, 2.45) is 5.18 Å². The summed E-state index contributed by atoms with van der Waals surface area (Å²) in [6, 6.07) is 5.07. The minimum atomic E-state index is -0.954. The van der Waals surface area contributed by atoms with Gasteiger partial charge in [0.25, 0.3) is 0 Å². The predicted molar refractivity (Wildman–Crippen MR) is 62.3 cm³/mol. The fourth-order valence-corrected chi connectivity index (χ4v) is 1.86. The Morgan fingerprint density at radius 1 is 1.50 bits per heavy atom. The molecule has 1 aromatic carbocycles. The molecular weight excluding hydrogens is 278 g/mol. The van der Waals surface area contributed by atoms with Crippen LogP contribution < -0.4 is 4.74 Å². The third-order valence-electron chi connectivity index (χ3n) is 1.95. The maximum atomic E-state index is 10.1. The van der Waals surface area contributed by atoms with E-state index in [0.717, 1.165) is 0 Å². The van der Waals surface area contributed by atoms with E-state index in [-0.39, 0.29) is 19.8 Å². The van der Waals surface area contributed by atoms with Gasteiger partial charge in [-0.2, -0.15) is 4.91 Å². The number of nitrogens with zero attached hydrogens (tertiary/aromatic N) is 1. The van der Waals surface area contributed by atoms with E-state index in [9.17, 15) is 10.0 Å². The highest BCUT2D eigenvalue weighted by molar-refractivity contribution is 9.10. The van der Waals surface area contributed by atoms with Crippen LogP contribution in [0.15, 0.2) is 27.8 Å². The first kappa shape index (κ1) is 13.1. The topological polar surface area (TPSA) is 79.1 Å². The maximum Gasteiger partial charge on any atom is 0.133 e. The highest BCUT2D eigenvalue weighted by Crippen LogP contribution is 2.32. The Morgan fingerprint density at radius 2 is 2.25 bits per heavy atom. The van der Waals surface area contributed by atoms with Gasteiger partial charge >= 0.3 is 0 Å². The molecule has 0 saturated carbocycles. The highest BCUT2D eigenvalue weighted by atomic mass is 79.9. The van der Waals surface area contributed by atoms with Crippen molar-refractivity contribution in [1.29, 1.82) is 0 Å². The molecule has 0 amide bonds. The zero-order valence-electron chi connectivity index (χ0n) is 8.47. The molecule has 0 radical (unpaired) electrons. The van der Waals surface area contributed by atoms with Gasteiger partial charge in [0.2, 0.25) is 0 Å². The molecule has 0 saturated heterocycles. The molecule has 88 valence electrons. The van der Waals surface area contributed by atoms with Crippen LogP contribution in [0.25, 0.3) is 0 Å². The summed E-state index contributed by atoms with van der Waals surface area (Å²) in [5, 5.41) is 20.9. The second-order valence-electron chi connectivity index (χ2n) is 3.06. The molecule has 0 spiro atoms. The van der Waals surface area contributed by atoms with Gasteiger partial charge in [-0.05, 0) is 22.0 Å². The molecule has 1 atom stereocenters. The number of halogens is 1. The second-order valence-corrected chi connectivity index (χ2v) is 3.85. The van der Waals surface area contributed by atoms with Crippen molar-refractivity contribution in [3.8, 4) is 5.75 Å². The van der Waals surface area contributed by atoms with E-state index in [1.54, 1.807) is 18.2 Å². The molecule has 0 heterocycles. The van der Waals surface area contributed by atoms with Crippen molar-refractivity contribution in [3.63, 3.8) is 0 Å². The molecule has 0 bridgehead atoms. The second kappa shape index (κ2) is 6.57. The Labute approximate surface area is 101 Å². The van der Waals surface area contributed by atoms with Crippen LogP contribution in [-0.2, 0) is 0 Å². The Morgan fingerprint density at radius 3 is 2.88 bits per heavy atom. The van der Waals surface area contributed by atoms with E-state index in [4.69, 9.17) is 9.84 Å². The van der Waals surface area contributed by atoms with Crippen molar-refractivity contribution >= 4 is 15.9 Å². The van der Waals surface area contributed by atoms with Crippen LogP contribution in [0.3, 0.4) is 0 Å². The van der Waals surface area contributed by atoms with E-state index in [1.807, 2.05) is 0 Å². The molecule has 1 rings (SSSR count). The fraction of sp³-hybridized carbons (Fsp3) is 0.400. The van der Waals surface area contributed by atoms with Gasteiger partial charge in [-0.1, -0.05) is 17.3 Å². The van der Waals surface area contributed by atoms with Crippen LogP contribution in [0.5, 0.6) is 5.75 Å². The van der Waals surface area contributed by atoms with Crippen molar-refractivity contribution in [1.82, 2.24) is 0 Å². The number of hydrogen-bond acceptors (Lipinski definition) is 5. The standard InChI is InChI=1S/C10H12BrNO4/c11-10-7(8(14)6-12-15)2-1-3-9(10)16-5-4-13/h1-3,8,13-14H,4-6H2. The van der Waals surface area contributed by atoms with Crippen LogP contribution in [0.1, 0.15) is 11.7 Å². The van der Waals surface area contributed by atoms with Gasteiger partial charge in [-0.3, -0.25) is 0 Å². The Balaban J connectivity index is 2.89. The molecule has 5 nitrogen and oxygen atoms in total. The van der Waals surface area contributed by atoms with Crippen LogP contribution >= 0.6 is 15.9 Å². The Bertz CT molecular complexity index is 359. The van der Waals surface area contributed by atoms with Gasteiger partial charge in [-0.15, -0.1) is 0 Å². The Hall–Kier alpha value is -0.980. The van der Waals surface area contributed by atoms with E-state index < -0.39 is 6.10 Å². The molecule has 0 aliphatic rings. The molecule has 0 aromatic heterocycles. The van der Waals surface area contributed by atoms with Crippen LogP contribution in [0, 0.1) is 4.91 Å². The molecule has 16 heavy (non-hydrogen) atoms. The summed E-state index contributed by atoms with van der Waals surface area (Å²) < 4.78 is 5.81. The largest absolute Gasteiger partial charge is 0.490 e. The third-order valence-corrected chi connectivity index (χ3v) is 2.80. The minimum Gasteiger partial charge on any atom is -0.490 e. The van der Waals surface area contributed by atoms with Crippen LogP contribution in [0.2, 0.25) is 0 Å². The molecule has 2 N–H and O–H groups in total. The molecule has 1 aromatic rings. The van der Waals surface area contributed by atoms with Crippen LogP contribution in [-0.4, -0.2) is 30.0 Å². The van der Waals surface area contributed by atoms with Gasteiger partial charge in [0.1, 0.15) is 25.0 Å². The van der Waals surface area contributed by atoms with Crippen molar-refractivity contribution in [2.45, 2.75) is 6.10 Å². The zero-order valence-corrected chi connectivity index (χ0v) is 10.1. The lowest BCUT2D eigenvalue weighted by Gasteiger charge is -2.13. The molecule has 1 unspecified atom stereocenters. The average Bonchev–Trinajstić information content (AvgIpc) is 2.28. The maximum absolute atomic E-state index is 10.1. The van der Waals surface area contributed by atoms with Crippen molar-refractivity contribution < 1.29 is 14.9 Å². The van der Waals surface area contributed by atoms with Gasteiger partial charge in [-0.25, -0.2) is 0 Å². The molecule has 0 aliphatic carbocycles. The quantitative estimate of drug-likeness (QED) is 0.780. The summed E-state index contributed by atoms with van der Waals surface area (Å²) in [6.07, 6.45) is -0.954. The first-order valence-corrected chi connectivity index (χ1v) is 5.49. The van der Waals surface area contributed by atoms with E-state index >= 15 is 0 Å². The highest BCUT2D eigenvalue weighted by Gasteiger charge is 2.14. The number of benzene rings is 1. The first-order valence-electron chi connectivity index (χ1n) is 4.70. The van der Waals surface area contributed by atoms with Gasteiger partial charge in [0, 0.05) is 5.56 Å². The van der Waals surface area contributed by atoms with Crippen molar-refractivity contribution in [2.75, 3.05) is 19.8 Å². The number of nitroso groups, excluding NO2 is 1. The fourth-order valence-electron chi connectivity index (χ4n) is 1.22. The molecule has 6 heteroatoms. The first-order chi connectivity index (χ1) is 7.70. The lowest BCUT2D eigenvalue weighted by atomic mass is 10.1. The number of aliphatic hydroxyl groups excluding tert-OH is 2. The van der Waals surface area contributed by atoms with Gasteiger partial charge in [0.15, 0.2) is 0 Å². The SMILES string of the molecule is O=NCC(O)c1cccc(OCCO)c1Br. The number of hydrogen-bond donors (Lipinski definition) is 2. The lowest BCUT2D eigenvalue weighted by molar-refractivity contribution is 0.183. The monoisotopic (exact) mass is 289 g/mol. The molecule has 0 aliphatic heterocycles. The summed E-state index contributed by atoms with van der Waals surface area (Å²) in [6.45, 7) is -0.124. The smallest absolute Gasteiger partial charge is 0.133 e. The average molecular weight is 290 g/mol. The molecular formula is C10H12BrNO4. The third kappa shape index (κ3) is 3.26. The number of ether oxygens (including phenoxy) is 1. The summed E-state index contributed by atoms with van der Waals surface area (Å²) in [7, 11) is 0. The minimum absolute atomic E-state index is 0.0882. The summed E-state index contributed by atoms with van der Waals surface area (Å²) >= 11 is 3.27. The van der Waals surface area contributed by atoms with Gasteiger partial charge < -0.3 is 14.9 Å². The summed E-state index contributed by atoms with van der Waals surface area (Å²) in [5.41, 5.74) is 0.537. The lowest BCUT2D eigenvalue weighted by Crippen LogP contribution is -2.06. The number of rotatable bonds is 6. The van der Waals surface area contributed by atoms with E-state index in [2.05, 4.69) is 21.1 Å². The summed E-state index contributed by atoms with van der Waals surface area (Å²) in [5.74, 6) is 0.511. The van der Waals surface area contributed by atoms with Crippen molar-refractivity contribution in [3.05, 3.63) is 33.1 Å². The number of aliphatic hydroxyl groups is 2.